The molecule has 0 amide bonds. The summed E-state index contributed by atoms with van der Waals surface area (Å²) in [4.78, 5) is 0. The largest absolute Gasteiger partial charge is 0.507 e. The van der Waals surface area contributed by atoms with E-state index in [4.69, 9.17) is 9.47 Å². The number of rotatable bonds is 2. The van der Waals surface area contributed by atoms with E-state index in [1.54, 1.807) is 31.4 Å². The van der Waals surface area contributed by atoms with E-state index in [9.17, 15) is 10.2 Å². The number of fused-ring (bicyclic) bond motifs is 4. The number of aromatic hydroxyl groups is 2. The molecule has 0 bridgehead atoms. The number of phenols is 2. The zero-order chi connectivity index (χ0) is 16.8. The fourth-order valence-electron chi connectivity index (χ4n) is 3.10. The van der Waals surface area contributed by atoms with Crippen molar-refractivity contribution in [2.24, 2.45) is 0 Å². The Morgan fingerprint density at radius 2 is 1.58 bits per heavy atom. The second-order valence-electron chi connectivity index (χ2n) is 5.61. The minimum atomic E-state index is 0.102. The van der Waals surface area contributed by atoms with Crippen LogP contribution in [0.15, 0.2) is 48.8 Å². The molecule has 0 spiro atoms. The van der Waals surface area contributed by atoms with Crippen molar-refractivity contribution in [3.63, 3.8) is 0 Å². The van der Waals surface area contributed by atoms with Crippen molar-refractivity contribution in [2.45, 2.75) is 0 Å². The van der Waals surface area contributed by atoms with Crippen molar-refractivity contribution in [2.75, 3.05) is 14.2 Å². The summed E-state index contributed by atoms with van der Waals surface area (Å²) >= 11 is 0. The number of phenolic OH excluding ortho intramolecular Hbond substituents is 2. The standard InChI is InChI=1S/C19H15NO4/c1-23-18-4-3-16(21)14-10-20-6-5-11-7-17(22)19(24-2)9-12(11)15(20)8-13(14)18/h3-10H,1-2H3,(H,21,22)/p+1. The lowest BCUT2D eigenvalue weighted by Crippen LogP contribution is -2.20. The van der Waals surface area contributed by atoms with Crippen molar-refractivity contribution < 1.29 is 24.1 Å². The molecule has 2 aromatic carbocycles. The van der Waals surface area contributed by atoms with Gasteiger partial charge in [0.05, 0.1) is 25.0 Å². The van der Waals surface area contributed by atoms with E-state index < -0.39 is 0 Å². The van der Waals surface area contributed by atoms with Gasteiger partial charge < -0.3 is 19.7 Å². The van der Waals surface area contributed by atoms with E-state index in [0.717, 1.165) is 21.7 Å². The molecule has 5 heteroatoms. The maximum absolute atomic E-state index is 10.2. The number of benzene rings is 2. The molecule has 2 heterocycles. The van der Waals surface area contributed by atoms with Crippen molar-refractivity contribution in [3.8, 4) is 23.0 Å². The summed E-state index contributed by atoms with van der Waals surface area (Å²) in [6, 6.07) is 10.7. The zero-order valence-corrected chi connectivity index (χ0v) is 13.3. The monoisotopic (exact) mass is 322 g/mol. The van der Waals surface area contributed by atoms with Crippen LogP contribution >= 0.6 is 0 Å². The van der Waals surface area contributed by atoms with E-state index in [1.807, 2.05) is 28.9 Å². The summed E-state index contributed by atoms with van der Waals surface area (Å²) < 4.78 is 12.6. The quantitative estimate of drug-likeness (QED) is 0.338. The van der Waals surface area contributed by atoms with Gasteiger partial charge >= 0.3 is 0 Å². The Kier molecular flexibility index (Phi) is 3.09. The third-order valence-electron chi connectivity index (χ3n) is 4.31. The fourth-order valence-corrected chi connectivity index (χ4v) is 3.10. The molecule has 0 atom stereocenters. The number of hydrogen-bond donors (Lipinski definition) is 2. The van der Waals surface area contributed by atoms with E-state index in [2.05, 4.69) is 0 Å². The van der Waals surface area contributed by atoms with Crippen LogP contribution < -0.4 is 13.9 Å². The molecular formula is C19H16NO4+. The Hall–Kier alpha value is -3.21. The molecule has 0 aliphatic heterocycles. The second-order valence-corrected chi connectivity index (χ2v) is 5.61. The van der Waals surface area contributed by atoms with E-state index in [1.165, 1.54) is 7.11 Å². The maximum atomic E-state index is 10.2. The Balaban J connectivity index is 2.19. The van der Waals surface area contributed by atoms with Crippen LogP contribution in [0.2, 0.25) is 0 Å². The van der Waals surface area contributed by atoms with Crippen molar-refractivity contribution in [1.29, 1.82) is 0 Å². The third kappa shape index (κ3) is 1.98. The summed E-state index contributed by atoms with van der Waals surface area (Å²) in [6.45, 7) is 0. The van der Waals surface area contributed by atoms with Crippen LogP contribution in [0.3, 0.4) is 0 Å². The topological polar surface area (TPSA) is 63.0 Å². The molecule has 5 nitrogen and oxygen atoms in total. The number of nitrogens with zero attached hydrogens (tertiary/aromatic N) is 1. The minimum Gasteiger partial charge on any atom is -0.507 e. The van der Waals surface area contributed by atoms with Gasteiger partial charge in [0, 0.05) is 17.5 Å². The van der Waals surface area contributed by atoms with Gasteiger partial charge in [-0.25, -0.2) is 0 Å². The predicted molar refractivity (Wildman–Crippen MR) is 91.0 cm³/mol. The highest BCUT2D eigenvalue weighted by Crippen LogP contribution is 2.35. The van der Waals surface area contributed by atoms with Gasteiger partial charge in [0.2, 0.25) is 5.52 Å². The molecule has 0 aliphatic carbocycles. The first-order valence-electron chi connectivity index (χ1n) is 7.47. The number of methoxy groups -OCH3 is 2. The molecule has 0 unspecified atom stereocenters. The minimum absolute atomic E-state index is 0.102. The number of aromatic nitrogens is 1. The summed E-state index contributed by atoms with van der Waals surface area (Å²) in [5.41, 5.74) is 0.919. The molecule has 24 heavy (non-hydrogen) atoms. The molecule has 0 saturated heterocycles. The molecule has 0 radical (unpaired) electrons. The summed E-state index contributed by atoms with van der Waals surface area (Å²) in [7, 11) is 3.13. The number of ether oxygens (including phenoxy) is 2. The van der Waals surface area contributed by atoms with Gasteiger partial charge in [0.1, 0.15) is 11.5 Å². The highest BCUT2D eigenvalue weighted by atomic mass is 16.5. The lowest BCUT2D eigenvalue weighted by Gasteiger charge is -2.08. The van der Waals surface area contributed by atoms with Crippen LogP contribution in [0.1, 0.15) is 0 Å². The zero-order valence-electron chi connectivity index (χ0n) is 13.3. The molecule has 0 aliphatic rings. The molecule has 0 saturated carbocycles. The first kappa shape index (κ1) is 14.4. The van der Waals surface area contributed by atoms with Crippen molar-refractivity contribution in [1.82, 2.24) is 0 Å². The predicted octanol–water partition coefficient (Wildman–Crippen LogP) is 3.16. The Morgan fingerprint density at radius 3 is 2.33 bits per heavy atom. The molecule has 4 rings (SSSR count). The molecule has 4 aromatic rings. The van der Waals surface area contributed by atoms with Crippen LogP contribution in [0.25, 0.3) is 27.1 Å². The lowest BCUT2D eigenvalue weighted by atomic mass is 10.1. The van der Waals surface area contributed by atoms with Gasteiger partial charge in [0.25, 0.3) is 0 Å². The molecule has 120 valence electrons. The highest BCUT2D eigenvalue weighted by Gasteiger charge is 2.16. The molecule has 2 N–H and O–H groups in total. The molecular weight excluding hydrogens is 306 g/mol. The van der Waals surface area contributed by atoms with Gasteiger partial charge in [-0.1, -0.05) is 0 Å². The summed E-state index contributed by atoms with van der Waals surface area (Å²) in [6.07, 6.45) is 3.75. The number of pyridine rings is 2. The Labute approximate surface area is 137 Å². The van der Waals surface area contributed by atoms with E-state index in [0.29, 0.717) is 16.9 Å². The van der Waals surface area contributed by atoms with Crippen molar-refractivity contribution in [3.05, 3.63) is 48.8 Å². The molecule has 0 fully saturated rings. The maximum Gasteiger partial charge on any atom is 0.219 e. The molecule has 2 aromatic heterocycles. The smallest absolute Gasteiger partial charge is 0.219 e. The van der Waals surface area contributed by atoms with Gasteiger partial charge in [-0.3, -0.25) is 0 Å². The highest BCUT2D eigenvalue weighted by molar-refractivity contribution is 6.01. The van der Waals surface area contributed by atoms with E-state index >= 15 is 0 Å². The summed E-state index contributed by atoms with van der Waals surface area (Å²) in [5, 5.41) is 23.5. The van der Waals surface area contributed by atoms with Crippen LogP contribution in [0, 0.1) is 0 Å². The number of hydrogen-bond acceptors (Lipinski definition) is 4. The average molecular weight is 322 g/mol. The lowest BCUT2D eigenvalue weighted by molar-refractivity contribution is -0.509. The third-order valence-corrected chi connectivity index (χ3v) is 4.31. The van der Waals surface area contributed by atoms with Gasteiger partial charge in [-0.2, -0.15) is 4.40 Å². The van der Waals surface area contributed by atoms with E-state index in [-0.39, 0.29) is 11.5 Å². The van der Waals surface area contributed by atoms with Gasteiger partial charge in [-0.05, 0) is 29.7 Å². The Bertz CT molecular complexity index is 1110. The van der Waals surface area contributed by atoms with Crippen molar-refractivity contribution >= 4 is 27.1 Å². The van der Waals surface area contributed by atoms with Crippen LogP contribution in [0.5, 0.6) is 23.0 Å². The Morgan fingerprint density at radius 1 is 0.792 bits per heavy atom. The van der Waals surface area contributed by atoms with Crippen LogP contribution in [0.4, 0.5) is 0 Å². The van der Waals surface area contributed by atoms with Crippen LogP contribution in [-0.2, 0) is 0 Å². The summed E-state index contributed by atoms with van der Waals surface area (Å²) in [5.74, 6) is 1.40. The van der Waals surface area contributed by atoms with Crippen LogP contribution in [-0.4, -0.2) is 24.4 Å². The second kappa shape index (κ2) is 5.16. The first-order chi connectivity index (χ1) is 11.6. The van der Waals surface area contributed by atoms with Gasteiger partial charge in [0.15, 0.2) is 23.9 Å². The fraction of sp³-hybridized carbons (Fsp3) is 0.105. The SMILES string of the molecule is COc1cc2c(cc[n+]3cc4c(O)ccc(OC)c4cc23)cc1O. The first-order valence-corrected chi connectivity index (χ1v) is 7.47. The van der Waals surface area contributed by atoms with Gasteiger partial charge in [-0.15, -0.1) is 0 Å². The normalized spacial score (nSPS) is 11.2. The average Bonchev–Trinajstić information content (AvgIpc) is 2.60.